The molecule has 0 saturated carbocycles. The highest BCUT2D eigenvalue weighted by Crippen LogP contribution is 2.38. The van der Waals surface area contributed by atoms with Crippen molar-refractivity contribution in [3.05, 3.63) is 0 Å². The second kappa shape index (κ2) is 11.5. The van der Waals surface area contributed by atoms with Gasteiger partial charge in [0.25, 0.3) is 0 Å². The first kappa shape index (κ1) is 23.9. The van der Waals surface area contributed by atoms with Gasteiger partial charge in [0.15, 0.2) is 0 Å². The molecule has 0 saturated heterocycles. The van der Waals surface area contributed by atoms with Crippen molar-refractivity contribution in [2.24, 2.45) is 29.1 Å². The minimum atomic E-state index is -1.18. The van der Waals surface area contributed by atoms with Gasteiger partial charge in [-0.3, -0.25) is 0 Å². The molecule has 0 bridgehead atoms. The van der Waals surface area contributed by atoms with Crippen LogP contribution in [0, 0.1) is 29.1 Å². The van der Waals surface area contributed by atoms with Crippen molar-refractivity contribution in [1.29, 1.82) is 0 Å². The number of hydrogen-bond donors (Lipinski definition) is 0. The topological polar surface area (TPSA) is 80.3 Å². The highest BCUT2D eigenvalue weighted by Gasteiger charge is 2.32. The van der Waals surface area contributed by atoms with E-state index in [0.29, 0.717) is 36.5 Å². The monoisotopic (exact) mass is 354 g/mol. The Hall–Kier alpha value is -1.06. The third-order valence-corrected chi connectivity index (χ3v) is 5.22. The molecular weight excluding hydrogens is 316 g/mol. The summed E-state index contributed by atoms with van der Waals surface area (Å²) in [5, 5.41) is 22.9. The molecule has 2 unspecified atom stereocenters. The maximum Gasteiger partial charge on any atom is 0.0476 e. The van der Waals surface area contributed by atoms with E-state index in [-0.39, 0.29) is 12.8 Å². The minimum Gasteiger partial charge on any atom is -0.550 e. The molecule has 0 aliphatic heterocycles. The summed E-state index contributed by atoms with van der Waals surface area (Å²) >= 11 is 0. The quantitative estimate of drug-likeness (QED) is 0.480. The molecule has 148 valence electrons. The number of carboxylic acids is 2. The lowest BCUT2D eigenvalue weighted by molar-refractivity contribution is -0.322. The summed E-state index contributed by atoms with van der Waals surface area (Å²) in [6.07, 6.45) is 4.55. The Kier molecular flexibility index (Phi) is 11.0. The molecule has 4 nitrogen and oxygen atoms in total. The largest absolute Gasteiger partial charge is 0.550 e. The molecule has 0 heterocycles. The van der Waals surface area contributed by atoms with Crippen LogP contribution in [-0.4, -0.2) is 11.9 Å². The molecule has 0 N–H and O–H groups in total. The molecule has 0 aliphatic carbocycles. The van der Waals surface area contributed by atoms with Crippen molar-refractivity contribution in [1.82, 2.24) is 0 Å². The maximum absolute atomic E-state index is 12.0. The molecule has 0 spiro atoms. The Bertz CT molecular complexity index is 381. The smallest absolute Gasteiger partial charge is 0.0476 e. The first-order valence-electron chi connectivity index (χ1n) is 9.89. The summed E-state index contributed by atoms with van der Waals surface area (Å²) in [7, 11) is 0. The summed E-state index contributed by atoms with van der Waals surface area (Å²) in [5.74, 6) is -0.286. The predicted octanol–water partition coefficient (Wildman–Crippen LogP) is 3.18. The number of hydrogen-bond acceptors (Lipinski definition) is 4. The molecule has 0 radical (unpaired) electrons. The van der Waals surface area contributed by atoms with Crippen molar-refractivity contribution in [3.8, 4) is 0 Å². The van der Waals surface area contributed by atoms with Gasteiger partial charge in [0, 0.05) is 17.4 Å². The van der Waals surface area contributed by atoms with Gasteiger partial charge in [0.2, 0.25) is 0 Å². The molecule has 0 aromatic heterocycles. The van der Waals surface area contributed by atoms with Gasteiger partial charge in [-0.15, -0.1) is 0 Å². The Morgan fingerprint density at radius 3 is 1.44 bits per heavy atom. The van der Waals surface area contributed by atoms with E-state index in [2.05, 4.69) is 41.5 Å². The summed E-state index contributed by atoms with van der Waals surface area (Å²) in [6, 6.07) is 0. The number of carboxylic acid groups (broad SMARTS) is 2. The Labute approximate surface area is 154 Å². The van der Waals surface area contributed by atoms with Gasteiger partial charge in [-0.1, -0.05) is 41.5 Å². The van der Waals surface area contributed by atoms with Crippen molar-refractivity contribution in [3.63, 3.8) is 0 Å². The maximum atomic E-state index is 12.0. The molecular formula is C21H38O4-2. The molecule has 0 aromatic rings. The van der Waals surface area contributed by atoms with E-state index in [1.807, 2.05) is 0 Å². The normalized spacial score (nSPS) is 16.6. The van der Waals surface area contributed by atoms with Crippen LogP contribution in [0.4, 0.5) is 0 Å². The molecule has 0 amide bonds. The van der Waals surface area contributed by atoms with Crippen molar-refractivity contribution in [2.45, 2.75) is 92.9 Å². The SMILES string of the molecule is CC(C)CC(C)CCC(CCC(=O)[O-])(CCC(C)CC(C)C)C(=O)[O-]. The fourth-order valence-corrected chi connectivity index (χ4v) is 3.91. The van der Waals surface area contributed by atoms with E-state index < -0.39 is 17.4 Å². The molecule has 2 atom stereocenters. The van der Waals surface area contributed by atoms with Gasteiger partial charge in [-0.25, -0.2) is 0 Å². The Balaban J connectivity index is 5.03. The first-order chi connectivity index (χ1) is 11.5. The minimum absolute atomic E-state index is 0.112. The van der Waals surface area contributed by atoms with Crippen LogP contribution in [0.3, 0.4) is 0 Å². The van der Waals surface area contributed by atoms with E-state index in [1.54, 1.807) is 0 Å². The zero-order valence-corrected chi connectivity index (χ0v) is 17.1. The van der Waals surface area contributed by atoms with Crippen LogP contribution in [0.2, 0.25) is 0 Å². The van der Waals surface area contributed by atoms with Crippen LogP contribution >= 0.6 is 0 Å². The fourth-order valence-electron chi connectivity index (χ4n) is 3.91. The summed E-state index contributed by atoms with van der Waals surface area (Å²) in [6.45, 7) is 12.9. The highest BCUT2D eigenvalue weighted by molar-refractivity contribution is 5.73. The second-order valence-corrected chi connectivity index (χ2v) is 8.99. The zero-order valence-electron chi connectivity index (χ0n) is 17.1. The van der Waals surface area contributed by atoms with Crippen LogP contribution in [0.5, 0.6) is 0 Å². The molecule has 0 fully saturated rings. The van der Waals surface area contributed by atoms with E-state index in [0.717, 1.165) is 25.7 Å². The van der Waals surface area contributed by atoms with Crippen LogP contribution in [0.1, 0.15) is 92.9 Å². The van der Waals surface area contributed by atoms with Gasteiger partial charge in [-0.2, -0.15) is 0 Å². The van der Waals surface area contributed by atoms with Crippen LogP contribution in [0.15, 0.2) is 0 Å². The van der Waals surface area contributed by atoms with Crippen molar-refractivity contribution >= 4 is 11.9 Å². The summed E-state index contributed by atoms with van der Waals surface area (Å²) in [4.78, 5) is 22.9. The van der Waals surface area contributed by atoms with Gasteiger partial charge < -0.3 is 19.8 Å². The van der Waals surface area contributed by atoms with Gasteiger partial charge >= 0.3 is 0 Å². The van der Waals surface area contributed by atoms with Crippen molar-refractivity contribution in [2.75, 3.05) is 0 Å². The standard InChI is InChI=1S/C21H40O4/c1-15(2)13-17(5)7-10-21(20(24)25,12-9-19(22)23)11-8-18(6)14-16(3)4/h15-18H,7-14H2,1-6H3,(H,22,23)(H,24,25)/p-2. The number of aliphatic carboxylic acids is 2. The lowest BCUT2D eigenvalue weighted by Crippen LogP contribution is -2.44. The Morgan fingerprint density at radius 1 is 0.760 bits per heavy atom. The van der Waals surface area contributed by atoms with Crippen LogP contribution in [0.25, 0.3) is 0 Å². The Morgan fingerprint density at radius 2 is 1.16 bits per heavy atom. The van der Waals surface area contributed by atoms with Gasteiger partial charge in [0.05, 0.1) is 0 Å². The lowest BCUT2D eigenvalue weighted by atomic mass is 9.72. The highest BCUT2D eigenvalue weighted by atomic mass is 16.4. The van der Waals surface area contributed by atoms with Gasteiger partial charge in [-0.05, 0) is 75.0 Å². The first-order valence-corrected chi connectivity index (χ1v) is 9.89. The average molecular weight is 355 g/mol. The molecule has 4 heteroatoms. The fraction of sp³-hybridized carbons (Fsp3) is 0.905. The second-order valence-electron chi connectivity index (χ2n) is 8.99. The summed E-state index contributed by atoms with van der Waals surface area (Å²) in [5.41, 5.74) is -1.05. The summed E-state index contributed by atoms with van der Waals surface area (Å²) < 4.78 is 0. The number of rotatable bonds is 14. The predicted molar refractivity (Wildman–Crippen MR) is 97.4 cm³/mol. The lowest BCUT2D eigenvalue weighted by Gasteiger charge is -2.37. The van der Waals surface area contributed by atoms with Crippen LogP contribution in [-0.2, 0) is 9.59 Å². The molecule has 0 rings (SSSR count). The third-order valence-electron chi connectivity index (χ3n) is 5.22. The van der Waals surface area contributed by atoms with Crippen molar-refractivity contribution < 1.29 is 19.8 Å². The molecule has 0 aliphatic rings. The van der Waals surface area contributed by atoms with Crippen LogP contribution < -0.4 is 10.2 Å². The van der Waals surface area contributed by atoms with E-state index >= 15 is 0 Å². The van der Waals surface area contributed by atoms with E-state index in [1.165, 1.54) is 0 Å². The van der Waals surface area contributed by atoms with E-state index in [9.17, 15) is 19.8 Å². The third kappa shape index (κ3) is 10.5. The average Bonchev–Trinajstić information content (AvgIpc) is 2.44. The van der Waals surface area contributed by atoms with E-state index in [4.69, 9.17) is 0 Å². The molecule has 25 heavy (non-hydrogen) atoms. The zero-order chi connectivity index (χ0) is 19.6. The number of carbonyl (C=O) groups is 2. The van der Waals surface area contributed by atoms with Gasteiger partial charge in [0.1, 0.15) is 0 Å². The number of carbonyl (C=O) groups excluding carboxylic acids is 2. The molecule has 0 aromatic carbocycles.